The van der Waals surface area contributed by atoms with Gasteiger partial charge in [0.15, 0.2) is 0 Å². The highest BCUT2D eigenvalue weighted by Gasteiger charge is 2.33. The summed E-state index contributed by atoms with van der Waals surface area (Å²) in [6.45, 7) is 2.63. The molecule has 1 aliphatic rings. The van der Waals surface area contributed by atoms with Gasteiger partial charge >= 0.3 is 6.18 Å². The number of hydrogen-bond donors (Lipinski definition) is 1. The summed E-state index contributed by atoms with van der Waals surface area (Å²) in [7, 11) is 1.96. The number of ether oxygens (including phenoxy) is 1. The van der Waals surface area contributed by atoms with Crippen molar-refractivity contribution in [1.29, 1.82) is 0 Å². The maximum atomic E-state index is 14.2. The van der Waals surface area contributed by atoms with Crippen molar-refractivity contribution < 1.29 is 22.7 Å². The average Bonchev–Trinajstić information content (AvgIpc) is 3.32. The third kappa shape index (κ3) is 6.40. The highest BCUT2D eigenvalue weighted by atomic mass is 35.5. The van der Waals surface area contributed by atoms with Crippen molar-refractivity contribution in [2.75, 3.05) is 13.7 Å². The molecule has 0 saturated heterocycles. The summed E-state index contributed by atoms with van der Waals surface area (Å²) in [6, 6.07) is 18.9. The molecule has 1 saturated carbocycles. The molecule has 3 aromatic carbocycles. The predicted molar refractivity (Wildman–Crippen MR) is 160 cm³/mol. The van der Waals surface area contributed by atoms with E-state index in [1.807, 2.05) is 61.3 Å². The minimum absolute atomic E-state index is 0.0116. The van der Waals surface area contributed by atoms with Crippen LogP contribution in [0.1, 0.15) is 53.4 Å². The number of amides is 1. The molecule has 1 aromatic heterocycles. The zero-order chi connectivity index (χ0) is 29.1. The molecule has 5 rings (SSSR count). The Morgan fingerprint density at radius 1 is 1.02 bits per heavy atom. The van der Waals surface area contributed by atoms with Crippen LogP contribution in [0.25, 0.3) is 21.2 Å². The largest absolute Gasteiger partial charge is 0.494 e. The van der Waals surface area contributed by atoms with Crippen molar-refractivity contribution in [2.24, 2.45) is 0 Å². The van der Waals surface area contributed by atoms with Gasteiger partial charge in [0.05, 0.1) is 17.2 Å². The van der Waals surface area contributed by atoms with Gasteiger partial charge in [-0.15, -0.1) is 11.3 Å². The van der Waals surface area contributed by atoms with Gasteiger partial charge < -0.3 is 15.0 Å². The summed E-state index contributed by atoms with van der Waals surface area (Å²) in [5.41, 5.74) is 1.51. The molecular weight excluding hydrogens is 569 g/mol. The lowest BCUT2D eigenvalue weighted by Gasteiger charge is -2.37. The first-order chi connectivity index (χ1) is 19.7. The molecule has 1 N–H and O–H groups in total. The quantitative estimate of drug-likeness (QED) is 0.220. The minimum Gasteiger partial charge on any atom is -0.494 e. The van der Waals surface area contributed by atoms with Gasteiger partial charge in [0.25, 0.3) is 5.91 Å². The van der Waals surface area contributed by atoms with Crippen LogP contribution in [0.3, 0.4) is 0 Å². The molecule has 0 unspecified atom stereocenters. The van der Waals surface area contributed by atoms with E-state index in [4.69, 9.17) is 16.3 Å². The topological polar surface area (TPSA) is 41.6 Å². The molecule has 216 valence electrons. The summed E-state index contributed by atoms with van der Waals surface area (Å²) in [5, 5.41) is 4.68. The number of rotatable bonds is 8. The highest BCUT2D eigenvalue weighted by molar-refractivity contribution is 7.21. The Kier molecular flexibility index (Phi) is 8.92. The summed E-state index contributed by atoms with van der Waals surface area (Å²) in [5.74, 6) is 0.527. The van der Waals surface area contributed by atoms with Gasteiger partial charge in [-0.1, -0.05) is 48.0 Å². The predicted octanol–water partition coefficient (Wildman–Crippen LogP) is 8.81. The monoisotopic (exact) mass is 600 g/mol. The second-order valence-corrected chi connectivity index (χ2v) is 11.7. The summed E-state index contributed by atoms with van der Waals surface area (Å²) < 4.78 is 46.3. The van der Waals surface area contributed by atoms with Crippen LogP contribution in [0.2, 0.25) is 5.02 Å². The van der Waals surface area contributed by atoms with Crippen molar-refractivity contribution in [1.82, 2.24) is 10.2 Å². The SMILES string of the molecule is CCOc1ccc(-c2ccc(C(F)(F)F)cc2)cc1CN(C(=O)c1sc2ccccc2c1Cl)[C@H]1CC[C@@H](NC)CC1. The highest BCUT2D eigenvalue weighted by Crippen LogP contribution is 2.39. The van der Waals surface area contributed by atoms with Crippen LogP contribution < -0.4 is 10.1 Å². The van der Waals surface area contributed by atoms with Gasteiger partial charge in [0.1, 0.15) is 10.6 Å². The number of nitrogens with one attached hydrogen (secondary N) is 1. The molecule has 0 atom stereocenters. The Balaban J connectivity index is 1.52. The maximum absolute atomic E-state index is 14.2. The molecule has 0 bridgehead atoms. The van der Waals surface area contributed by atoms with Gasteiger partial charge in [-0.25, -0.2) is 0 Å². The molecule has 9 heteroatoms. The van der Waals surface area contributed by atoms with E-state index in [9.17, 15) is 18.0 Å². The molecule has 1 heterocycles. The van der Waals surface area contributed by atoms with Gasteiger partial charge in [-0.05, 0) is 81.1 Å². The van der Waals surface area contributed by atoms with Crippen molar-refractivity contribution in [3.63, 3.8) is 0 Å². The minimum atomic E-state index is -4.40. The molecule has 41 heavy (non-hydrogen) atoms. The van der Waals surface area contributed by atoms with Crippen LogP contribution in [0.5, 0.6) is 5.75 Å². The summed E-state index contributed by atoms with van der Waals surface area (Å²) in [6.07, 6.45) is -0.793. The average molecular weight is 601 g/mol. The van der Waals surface area contributed by atoms with Crippen LogP contribution in [0.15, 0.2) is 66.7 Å². The lowest BCUT2D eigenvalue weighted by atomic mass is 9.89. The molecule has 0 aliphatic heterocycles. The molecular formula is C32H32ClF3N2O2S. The number of carbonyl (C=O) groups excluding carboxylic acids is 1. The smallest absolute Gasteiger partial charge is 0.416 e. The number of benzene rings is 3. The Morgan fingerprint density at radius 2 is 1.71 bits per heavy atom. The van der Waals surface area contributed by atoms with E-state index in [-0.39, 0.29) is 11.9 Å². The first-order valence-electron chi connectivity index (χ1n) is 13.8. The van der Waals surface area contributed by atoms with Crippen LogP contribution in [0.4, 0.5) is 13.2 Å². The molecule has 4 aromatic rings. The van der Waals surface area contributed by atoms with E-state index < -0.39 is 11.7 Å². The van der Waals surface area contributed by atoms with Crippen molar-refractivity contribution in [2.45, 2.75) is 57.4 Å². The normalized spacial score (nSPS) is 17.5. The van der Waals surface area contributed by atoms with Crippen molar-refractivity contribution in [3.05, 3.63) is 87.8 Å². The summed E-state index contributed by atoms with van der Waals surface area (Å²) in [4.78, 5) is 16.7. The van der Waals surface area contributed by atoms with Gasteiger partial charge in [-0.2, -0.15) is 13.2 Å². The van der Waals surface area contributed by atoms with Gasteiger partial charge in [0, 0.05) is 34.3 Å². The second kappa shape index (κ2) is 12.4. The van der Waals surface area contributed by atoms with Gasteiger partial charge in [0.2, 0.25) is 0 Å². The number of thiophene rings is 1. The van der Waals surface area contributed by atoms with Crippen LogP contribution in [-0.2, 0) is 12.7 Å². The maximum Gasteiger partial charge on any atom is 0.416 e. The van der Waals surface area contributed by atoms with E-state index in [1.54, 1.807) is 0 Å². The van der Waals surface area contributed by atoms with Gasteiger partial charge in [-0.3, -0.25) is 4.79 Å². The lowest BCUT2D eigenvalue weighted by molar-refractivity contribution is -0.137. The fraction of sp³-hybridized carbons (Fsp3) is 0.344. The van der Waals surface area contributed by atoms with Crippen molar-refractivity contribution >= 4 is 38.9 Å². The molecule has 1 fully saturated rings. The summed E-state index contributed by atoms with van der Waals surface area (Å²) >= 11 is 8.16. The lowest BCUT2D eigenvalue weighted by Crippen LogP contribution is -2.44. The Morgan fingerprint density at radius 3 is 2.34 bits per heavy atom. The number of halogens is 4. The fourth-order valence-corrected chi connectivity index (χ4v) is 7.01. The second-order valence-electron chi connectivity index (χ2n) is 10.3. The fourth-order valence-electron chi connectivity index (χ4n) is 5.54. The molecule has 1 aliphatic carbocycles. The zero-order valence-corrected chi connectivity index (χ0v) is 24.5. The third-order valence-corrected chi connectivity index (χ3v) is 9.45. The standard InChI is InChI=1S/C32H32ClF3N2O2S/c1-3-40-27-17-10-21(20-8-11-23(12-9-20)32(34,35)36)18-22(27)19-38(25-15-13-24(37-2)14-16-25)31(39)30-29(33)26-6-4-5-7-28(26)41-30/h4-12,17-18,24-25,37H,3,13-16,19H2,1-2H3/t24-,25+. The van der Waals surface area contributed by atoms with Crippen LogP contribution in [0, 0.1) is 0 Å². The van der Waals surface area contributed by atoms with Crippen molar-refractivity contribution in [3.8, 4) is 16.9 Å². The Bertz CT molecular complexity index is 1510. The van der Waals surface area contributed by atoms with E-state index in [1.165, 1.54) is 23.5 Å². The van der Waals surface area contributed by atoms with E-state index in [0.29, 0.717) is 40.4 Å². The van der Waals surface area contributed by atoms with E-state index >= 15 is 0 Å². The molecule has 4 nitrogen and oxygen atoms in total. The van der Waals surface area contributed by atoms with E-state index in [2.05, 4.69) is 5.32 Å². The van der Waals surface area contributed by atoms with Crippen LogP contribution in [-0.4, -0.2) is 36.5 Å². The molecule has 0 spiro atoms. The zero-order valence-electron chi connectivity index (χ0n) is 22.9. The number of hydrogen-bond acceptors (Lipinski definition) is 4. The molecule has 0 radical (unpaired) electrons. The van der Waals surface area contributed by atoms with Crippen LogP contribution >= 0.6 is 22.9 Å². The molecule has 1 amide bonds. The third-order valence-electron chi connectivity index (χ3n) is 7.78. The Hall–Kier alpha value is -3.07. The number of carbonyl (C=O) groups is 1. The number of alkyl halides is 3. The number of fused-ring (bicyclic) bond motifs is 1. The first kappa shape index (κ1) is 29.4. The van der Waals surface area contributed by atoms with E-state index in [0.717, 1.165) is 59.0 Å². The number of nitrogens with zero attached hydrogens (tertiary/aromatic N) is 1. The first-order valence-corrected chi connectivity index (χ1v) is 15.0. The Labute approximate surface area is 247 Å².